The van der Waals surface area contributed by atoms with Gasteiger partial charge in [0, 0.05) is 33.0 Å². The van der Waals surface area contributed by atoms with Crippen LogP contribution in [0, 0.1) is 12.3 Å². The smallest absolute Gasteiger partial charge is 0.191 e. The highest BCUT2D eigenvalue weighted by Crippen LogP contribution is 2.43. The first-order valence-corrected chi connectivity index (χ1v) is 8.61. The van der Waals surface area contributed by atoms with Crippen molar-refractivity contribution < 1.29 is 4.74 Å². The Morgan fingerprint density at radius 1 is 1.39 bits per heavy atom. The van der Waals surface area contributed by atoms with E-state index in [9.17, 15) is 0 Å². The zero-order valence-electron chi connectivity index (χ0n) is 14.7. The molecule has 5 heteroatoms. The van der Waals surface area contributed by atoms with E-state index in [1.165, 1.54) is 24.8 Å². The lowest BCUT2D eigenvalue weighted by Crippen LogP contribution is -2.47. The van der Waals surface area contributed by atoms with Crippen molar-refractivity contribution in [2.24, 2.45) is 10.4 Å². The number of methoxy groups -OCH3 is 1. The number of aliphatic imine (C=N–C) groups is 1. The van der Waals surface area contributed by atoms with Crippen molar-refractivity contribution in [1.29, 1.82) is 0 Å². The maximum absolute atomic E-state index is 5.26. The van der Waals surface area contributed by atoms with Gasteiger partial charge in [-0.15, -0.1) is 0 Å². The van der Waals surface area contributed by atoms with E-state index in [0.717, 1.165) is 37.8 Å². The molecule has 5 nitrogen and oxygen atoms in total. The summed E-state index contributed by atoms with van der Waals surface area (Å²) >= 11 is 0. The maximum Gasteiger partial charge on any atom is 0.191 e. The second kappa shape index (κ2) is 8.87. The maximum atomic E-state index is 5.26. The van der Waals surface area contributed by atoms with Crippen molar-refractivity contribution in [3.8, 4) is 0 Å². The van der Waals surface area contributed by atoms with Crippen LogP contribution >= 0.6 is 0 Å². The van der Waals surface area contributed by atoms with E-state index in [-0.39, 0.29) is 0 Å². The molecule has 0 atom stereocenters. The van der Waals surface area contributed by atoms with Crippen molar-refractivity contribution >= 4 is 5.96 Å². The first-order chi connectivity index (χ1) is 11.2. The van der Waals surface area contributed by atoms with Crippen LogP contribution in [0.3, 0.4) is 0 Å². The molecule has 2 rings (SSSR count). The third kappa shape index (κ3) is 5.20. The Morgan fingerprint density at radius 2 is 2.22 bits per heavy atom. The number of nitrogens with zero attached hydrogens (tertiary/aromatic N) is 2. The molecular formula is C18H30N4O. The largest absolute Gasteiger partial charge is 0.385 e. The Hall–Kier alpha value is -1.62. The second-order valence-electron chi connectivity index (χ2n) is 6.41. The van der Waals surface area contributed by atoms with Crippen LogP contribution in [0.4, 0.5) is 0 Å². The number of aromatic nitrogens is 1. The Morgan fingerprint density at radius 3 is 2.83 bits per heavy atom. The Kier molecular flexibility index (Phi) is 6.84. The molecule has 0 aromatic carbocycles. The third-order valence-electron chi connectivity index (χ3n) is 4.73. The van der Waals surface area contributed by atoms with Crippen molar-refractivity contribution in [3.63, 3.8) is 0 Å². The van der Waals surface area contributed by atoms with Gasteiger partial charge in [-0.3, -0.25) is 4.98 Å². The molecule has 128 valence electrons. The van der Waals surface area contributed by atoms with Gasteiger partial charge in [0.1, 0.15) is 0 Å². The lowest BCUT2D eigenvalue weighted by molar-refractivity contribution is 0.0732. The van der Waals surface area contributed by atoms with Crippen LogP contribution in [0.2, 0.25) is 0 Å². The van der Waals surface area contributed by atoms with Crippen LogP contribution in [-0.4, -0.2) is 37.7 Å². The van der Waals surface area contributed by atoms with Crippen LogP contribution < -0.4 is 10.6 Å². The van der Waals surface area contributed by atoms with Gasteiger partial charge in [0.25, 0.3) is 0 Å². The Balaban J connectivity index is 1.92. The molecule has 0 spiro atoms. The number of hydrogen-bond acceptors (Lipinski definition) is 3. The van der Waals surface area contributed by atoms with Gasteiger partial charge in [0.05, 0.1) is 12.2 Å². The van der Waals surface area contributed by atoms with Crippen LogP contribution in [0.5, 0.6) is 0 Å². The van der Waals surface area contributed by atoms with Gasteiger partial charge in [0.2, 0.25) is 0 Å². The number of nitrogens with one attached hydrogen (secondary N) is 2. The van der Waals surface area contributed by atoms with Gasteiger partial charge in [-0.05, 0) is 50.2 Å². The Bertz CT molecular complexity index is 511. The molecule has 23 heavy (non-hydrogen) atoms. The number of aryl methyl sites for hydroxylation is 1. The summed E-state index contributed by atoms with van der Waals surface area (Å²) in [5.41, 5.74) is 2.60. The zero-order valence-corrected chi connectivity index (χ0v) is 14.7. The minimum atomic E-state index is 0.382. The molecule has 1 aromatic heterocycles. The molecule has 1 saturated carbocycles. The normalized spacial score (nSPS) is 16.7. The topological polar surface area (TPSA) is 58.5 Å². The summed E-state index contributed by atoms with van der Waals surface area (Å²) in [6.07, 6.45) is 6.83. The minimum Gasteiger partial charge on any atom is -0.385 e. The highest BCUT2D eigenvalue weighted by Gasteiger charge is 2.36. The molecule has 1 heterocycles. The summed E-state index contributed by atoms with van der Waals surface area (Å²) in [7, 11) is 1.78. The molecular weight excluding hydrogens is 288 g/mol. The predicted molar refractivity (Wildman–Crippen MR) is 94.6 cm³/mol. The molecule has 0 unspecified atom stereocenters. The van der Waals surface area contributed by atoms with Crippen molar-refractivity contribution in [2.45, 2.75) is 46.1 Å². The van der Waals surface area contributed by atoms with Crippen molar-refractivity contribution in [1.82, 2.24) is 15.6 Å². The molecule has 0 saturated heterocycles. The zero-order chi connectivity index (χ0) is 16.5. The predicted octanol–water partition coefficient (Wildman–Crippen LogP) is 2.65. The summed E-state index contributed by atoms with van der Waals surface area (Å²) in [5.74, 6) is 0.876. The number of pyridine rings is 1. The molecule has 0 bridgehead atoms. The van der Waals surface area contributed by atoms with Crippen LogP contribution in [0.1, 0.15) is 43.9 Å². The average molecular weight is 318 g/mol. The quantitative estimate of drug-likeness (QED) is 0.571. The van der Waals surface area contributed by atoms with E-state index in [0.29, 0.717) is 12.0 Å². The van der Waals surface area contributed by atoms with E-state index in [2.05, 4.69) is 40.5 Å². The first-order valence-electron chi connectivity index (χ1n) is 8.61. The van der Waals surface area contributed by atoms with Gasteiger partial charge in [-0.25, -0.2) is 4.99 Å². The summed E-state index contributed by atoms with van der Waals surface area (Å²) in [4.78, 5) is 9.09. The van der Waals surface area contributed by atoms with Crippen LogP contribution in [-0.2, 0) is 11.3 Å². The standard InChI is InChI=1S/C18H30N4O/c1-4-19-17(21-13-16-15(2)7-5-11-20-16)22-14-18(8-6-9-18)10-12-23-3/h5,7,11H,4,6,8-10,12-14H2,1-3H3,(H2,19,21,22). The minimum absolute atomic E-state index is 0.382. The number of hydrogen-bond donors (Lipinski definition) is 2. The third-order valence-corrected chi connectivity index (χ3v) is 4.73. The van der Waals surface area contributed by atoms with E-state index in [1.54, 1.807) is 7.11 Å². The van der Waals surface area contributed by atoms with Gasteiger partial charge >= 0.3 is 0 Å². The van der Waals surface area contributed by atoms with Gasteiger partial charge < -0.3 is 15.4 Å². The molecule has 0 amide bonds. The van der Waals surface area contributed by atoms with Gasteiger partial charge in [-0.1, -0.05) is 12.5 Å². The summed E-state index contributed by atoms with van der Waals surface area (Å²) in [5, 5.41) is 6.85. The van der Waals surface area contributed by atoms with Gasteiger partial charge in [-0.2, -0.15) is 0 Å². The molecule has 0 aliphatic heterocycles. The number of guanidine groups is 1. The molecule has 1 aromatic rings. The molecule has 1 aliphatic rings. The molecule has 1 fully saturated rings. The fourth-order valence-corrected chi connectivity index (χ4v) is 2.96. The van der Waals surface area contributed by atoms with Crippen LogP contribution in [0.15, 0.2) is 23.3 Å². The lowest BCUT2D eigenvalue weighted by Gasteiger charge is -2.42. The summed E-state index contributed by atoms with van der Waals surface area (Å²) in [6, 6.07) is 4.04. The van der Waals surface area contributed by atoms with E-state index < -0.39 is 0 Å². The van der Waals surface area contributed by atoms with E-state index in [4.69, 9.17) is 4.74 Å². The fraction of sp³-hybridized carbons (Fsp3) is 0.667. The van der Waals surface area contributed by atoms with Gasteiger partial charge in [0.15, 0.2) is 5.96 Å². The van der Waals surface area contributed by atoms with Crippen molar-refractivity contribution in [2.75, 3.05) is 26.8 Å². The highest BCUT2D eigenvalue weighted by atomic mass is 16.5. The summed E-state index contributed by atoms with van der Waals surface area (Å²) < 4.78 is 5.26. The molecule has 0 radical (unpaired) electrons. The lowest BCUT2D eigenvalue weighted by atomic mass is 9.67. The van der Waals surface area contributed by atoms with E-state index >= 15 is 0 Å². The van der Waals surface area contributed by atoms with E-state index in [1.807, 2.05) is 12.3 Å². The fourth-order valence-electron chi connectivity index (χ4n) is 2.96. The monoisotopic (exact) mass is 318 g/mol. The highest BCUT2D eigenvalue weighted by molar-refractivity contribution is 5.79. The van der Waals surface area contributed by atoms with Crippen LogP contribution in [0.25, 0.3) is 0 Å². The molecule has 2 N–H and O–H groups in total. The number of rotatable bonds is 8. The summed E-state index contributed by atoms with van der Waals surface area (Å²) in [6.45, 7) is 7.43. The average Bonchev–Trinajstić information content (AvgIpc) is 2.52. The number of ether oxygens (including phenoxy) is 1. The Labute approximate surface area is 139 Å². The second-order valence-corrected chi connectivity index (χ2v) is 6.41. The first kappa shape index (κ1) is 17.7. The SMILES string of the molecule is CCNC(=NCc1ncccc1C)NCC1(CCOC)CCC1. The van der Waals surface area contributed by atoms with Crippen molar-refractivity contribution in [3.05, 3.63) is 29.6 Å². The molecule has 1 aliphatic carbocycles.